The van der Waals surface area contributed by atoms with E-state index in [0.29, 0.717) is 24.5 Å². The van der Waals surface area contributed by atoms with Crippen LogP contribution in [0.1, 0.15) is 39.0 Å². The lowest BCUT2D eigenvalue weighted by Gasteiger charge is -2.27. The minimum Gasteiger partial charge on any atom is -0.508 e. The smallest absolute Gasteiger partial charge is 0.226 e. The van der Waals surface area contributed by atoms with E-state index in [1.807, 2.05) is 12.1 Å². The first-order valence-corrected chi connectivity index (χ1v) is 9.85. The third-order valence-corrected chi connectivity index (χ3v) is 5.45. The molecule has 1 aliphatic heterocycles. The molecule has 2 aliphatic rings. The first kappa shape index (κ1) is 18.0. The molecule has 1 saturated carbocycles. The molecular weight excluding hydrogens is 342 g/mol. The molecule has 4 rings (SSSR count). The van der Waals surface area contributed by atoms with Crippen molar-refractivity contribution in [2.75, 3.05) is 18.5 Å². The van der Waals surface area contributed by atoms with E-state index in [-0.39, 0.29) is 11.9 Å². The molecule has 27 heavy (non-hydrogen) atoms. The zero-order chi connectivity index (χ0) is 18.6. The van der Waals surface area contributed by atoms with Crippen molar-refractivity contribution in [1.82, 2.24) is 9.97 Å². The lowest BCUT2D eigenvalue weighted by atomic mass is 9.87. The summed E-state index contributed by atoms with van der Waals surface area (Å²) in [7, 11) is 0. The second kappa shape index (κ2) is 8.13. The molecule has 2 N–H and O–H groups in total. The summed E-state index contributed by atoms with van der Waals surface area (Å²) in [4.78, 5) is 9.22. The van der Waals surface area contributed by atoms with E-state index >= 15 is 0 Å². The molecule has 0 spiro atoms. The fraction of sp³-hybridized carbons (Fsp3) is 0.524. The quantitative estimate of drug-likeness (QED) is 0.829. The van der Waals surface area contributed by atoms with Crippen LogP contribution in [0, 0.1) is 5.92 Å². The van der Waals surface area contributed by atoms with Crippen LogP contribution in [0.15, 0.2) is 30.5 Å². The Kier molecular flexibility index (Phi) is 5.43. The van der Waals surface area contributed by atoms with E-state index < -0.39 is 0 Å². The van der Waals surface area contributed by atoms with Crippen molar-refractivity contribution in [1.29, 1.82) is 0 Å². The van der Waals surface area contributed by atoms with Crippen LogP contribution in [0.3, 0.4) is 0 Å². The van der Waals surface area contributed by atoms with Crippen molar-refractivity contribution in [3.8, 4) is 22.8 Å². The number of nitrogens with zero attached hydrogens (tertiary/aromatic N) is 2. The van der Waals surface area contributed by atoms with Crippen molar-refractivity contribution in [3.05, 3.63) is 30.5 Å². The zero-order valence-corrected chi connectivity index (χ0v) is 15.7. The Morgan fingerprint density at radius 3 is 2.59 bits per heavy atom. The molecule has 1 aromatic heterocycles. The average Bonchev–Trinajstić information content (AvgIpc) is 3.18. The van der Waals surface area contributed by atoms with Crippen molar-refractivity contribution < 1.29 is 14.6 Å². The molecule has 0 unspecified atom stereocenters. The Bertz CT molecular complexity index is 752. The van der Waals surface area contributed by atoms with Gasteiger partial charge in [-0.15, -0.1) is 0 Å². The third-order valence-electron chi connectivity index (χ3n) is 5.45. The molecule has 1 aromatic carbocycles. The summed E-state index contributed by atoms with van der Waals surface area (Å²) < 4.78 is 11.6. The molecule has 1 atom stereocenters. The van der Waals surface area contributed by atoms with Gasteiger partial charge in [-0.25, -0.2) is 4.98 Å². The monoisotopic (exact) mass is 369 g/mol. The summed E-state index contributed by atoms with van der Waals surface area (Å²) in [6.07, 6.45) is 7.46. The highest BCUT2D eigenvalue weighted by molar-refractivity contribution is 5.69. The van der Waals surface area contributed by atoms with Gasteiger partial charge in [0.25, 0.3) is 0 Å². The first-order valence-electron chi connectivity index (χ1n) is 9.85. The summed E-state index contributed by atoms with van der Waals surface area (Å²) >= 11 is 0. The topological polar surface area (TPSA) is 76.5 Å². The Labute approximate surface area is 160 Å². The highest BCUT2D eigenvalue weighted by atomic mass is 16.5. The van der Waals surface area contributed by atoms with Crippen LogP contribution in [-0.2, 0) is 4.74 Å². The highest BCUT2D eigenvalue weighted by Gasteiger charge is 2.22. The van der Waals surface area contributed by atoms with Gasteiger partial charge in [0.1, 0.15) is 11.9 Å². The summed E-state index contributed by atoms with van der Waals surface area (Å²) in [5, 5.41) is 13.0. The Hall–Kier alpha value is -2.34. The Balaban J connectivity index is 1.57. The lowest BCUT2D eigenvalue weighted by molar-refractivity contribution is 0.138. The number of aromatic hydroxyl groups is 1. The van der Waals surface area contributed by atoms with Crippen molar-refractivity contribution in [2.45, 2.75) is 51.2 Å². The Morgan fingerprint density at radius 2 is 1.89 bits per heavy atom. The van der Waals surface area contributed by atoms with Crippen LogP contribution in [0.25, 0.3) is 11.1 Å². The van der Waals surface area contributed by atoms with Crippen molar-refractivity contribution in [3.63, 3.8) is 0 Å². The van der Waals surface area contributed by atoms with E-state index in [2.05, 4.69) is 22.2 Å². The summed E-state index contributed by atoms with van der Waals surface area (Å²) in [6, 6.07) is 7.44. The van der Waals surface area contributed by atoms with Gasteiger partial charge in [-0.3, -0.25) is 0 Å². The van der Waals surface area contributed by atoms with Gasteiger partial charge < -0.3 is 19.9 Å². The van der Waals surface area contributed by atoms with Crippen molar-refractivity contribution >= 4 is 5.95 Å². The molecule has 144 valence electrons. The molecule has 6 nitrogen and oxygen atoms in total. The maximum absolute atomic E-state index is 9.56. The van der Waals surface area contributed by atoms with Crippen molar-refractivity contribution in [2.24, 2.45) is 5.92 Å². The van der Waals surface area contributed by atoms with E-state index in [1.54, 1.807) is 18.3 Å². The van der Waals surface area contributed by atoms with Gasteiger partial charge in [0.15, 0.2) is 0 Å². The number of phenolic OH excluding ortho intramolecular Hbond substituents is 1. The van der Waals surface area contributed by atoms with Crippen LogP contribution in [-0.4, -0.2) is 40.4 Å². The van der Waals surface area contributed by atoms with Gasteiger partial charge in [-0.2, -0.15) is 4.98 Å². The first-order chi connectivity index (χ1) is 13.2. The fourth-order valence-electron chi connectivity index (χ4n) is 3.72. The van der Waals surface area contributed by atoms with E-state index in [4.69, 9.17) is 9.47 Å². The number of hydrogen-bond acceptors (Lipinski definition) is 6. The standard InChI is InChI=1S/C21H27N3O3/c1-14-2-6-16(7-3-14)23-21-22-12-19(15-4-8-17(25)9-5-15)20(24-21)27-18-10-11-26-13-18/h4-5,8-9,12,14,16,18,25H,2-3,6-7,10-11,13H2,1H3,(H,22,23,24)/t14?,16?,18-/m1/s1. The Morgan fingerprint density at radius 1 is 1.11 bits per heavy atom. The number of aromatic nitrogens is 2. The van der Waals surface area contributed by atoms with Gasteiger partial charge in [0, 0.05) is 18.7 Å². The molecule has 1 saturated heterocycles. The van der Waals surface area contributed by atoms with E-state index in [9.17, 15) is 5.11 Å². The predicted molar refractivity (Wildman–Crippen MR) is 104 cm³/mol. The van der Waals surface area contributed by atoms with Gasteiger partial charge in [-0.05, 0) is 49.3 Å². The van der Waals surface area contributed by atoms with E-state index in [1.165, 1.54) is 12.8 Å². The van der Waals surface area contributed by atoms with Crippen LogP contribution < -0.4 is 10.1 Å². The molecule has 0 bridgehead atoms. The maximum atomic E-state index is 9.56. The van der Waals surface area contributed by atoms with Gasteiger partial charge in [-0.1, -0.05) is 19.1 Å². The molecular formula is C21H27N3O3. The fourth-order valence-corrected chi connectivity index (χ4v) is 3.72. The number of rotatable bonds is 5. The van der Waals surface area contributed by atoms with E-state index in [0.717, 1.165) is 42.9 Å². The molecule has 2 fully saturated rings. The number of nitrogens with one attached hydrogen (secondary N) is 1. The number of ether oxygens (including phenoxy) is 2. The second-order valence-corrected chi connectivity index (χ2v) is 7.66. The van der Waals surface area contributed by atoms with Crippen LogP contribution >= 0.6 is 0 Å². The maximum Gasteiger partial charge on any atom is 0.226 e. The molecule has 2 aromatic rings. The third kappa shape index (κ3) is 4.50. The SMILES string of the molecule is CC1CCC(Nc2ncc(-c3ccc(O)cc3)c(O[C@@H]3CCOC3)n2)CC1. The number of hydrogen-bond donors (Lipinski definition) is 2. The summed E-state index contributed by atoms with van der Waals surface area (Å²) in [5.41, 5.74) is 1.74. The minimum atomic E-state index is 0.0131. The molecule has 0 radical (unpaired) electrons. The molecule has 0 amide bonds. The lowest BCUT2D eigenvalue weighted by Crippen LogP contribution is -2.26. The molecule has 1 aliphatic carbocycles. The number of anilines is 1. The normalized spacial score (nSPS) is 25.3. The van der Waals surface area contributed by atoms with Crippen LogP contribution in [0.5, 0.6) is 11.6 Å². The summed E-state index contributed by atoms with van der Waals surface area (Å²) in [5.74, 6) is 2.22. The molecule has 6 heteroatoms. The largest absolute Gasteiger partial charge is 0.508 e. The van der Waals surface area contributed by atoms with Gasteiger partial charge in [0.05, 0.1) is 18.8 Å². The summed E-state index contributed by atoms with van der Waals surface area (Å²) in [6.45, 7) is 3.62. The van der Waals surface area contributed by atoms with Crippen LogP contribution in [0.4, 0.5) is 5.95 Å². The zero-order valence-electron chi connectivity index (χ0n) is 15.7. The number of benzene rings is 1. The minimum absolute atomic E-state index is 0.0131. The molecule has 2 heterocycles. The van der Waals surface area contributed by atoms with Gasteiger partial charge in [0.2, 0.25) is 11.8 Å². The van der Waals surface area contributed by atoms with Gasteiger partial charge >= 0.3 is 0 Å². The average molecular weight is 369 g/mol. The number of phenols is 1. The second-order valence-electron chi connectivity index (χ2n) is 7.66. The highest BCUT2D eigenvalue weighted by Crippen LogP contribution is 2.32. The predicted octanol–water partition coefficient (Wildman–Crippen LogP) is 4.01. The van der Waals surface area contributed by atoms with Crippen LogP contribution in [0.2, 0.25) is 0 Å².